The van der Waals surface area contributed by atoms with Gasteiger partial charge in [0.25, 0.3) is 0 Å². The molecule has 3 heterocycles. The first kappa shape index (κ1) is 19.8. The minimum Gasteiger partial charge on any atom is -0.492 e. The molecule has 2 aromatic heterocycles. The molecule has 1 saturated carbocycles. The molecule has 1 aliphatic carbocycles. The second-order valence-electron chi connectivity index (χ2n) is 8.26. The summed E-state index contributed by atoms with van der Waals surface area (Å²) in [6.07, 6.45) is 10.6. The van der Waals surface area contributed by atoms with Gasteiger partial charge in [-0.1, -0.05) is 18.2 Å². The van der Waals surface area contributed by atoms with E-state index in [9.17, 15) is 5.26 Å². The van der Waals surface area contributed by atoms with Crippen LogP contribution in [0.3, 0.4) is 0 Å². The van der Waals surface area contributed by atoms with Crippen molar-refractivity contribution >= 4 is 17.1 Å². The van der Waals surface area contributed by atoms with Crippen LogP contribution in [0.1, 0.15) is 24.0 Å². The molecule has 1 N–H and O–H groups in total. The number of nitrogens with zero attached hydrogens (tertiary/aromatic N) is 3. The van der Waals surface area contributed by atoms with Gasteiger partial charge in [-0.3, -0.25) is 4.90 Å². The summed E-state index contributed by atoms with van der Waals surface area (Å²) in [4.78, 5) is 10.2. The zero-order valence-electron chi connectivity index (χ0n) is 17.5. The van der Waals surface area contributed by atoms with Gasteiger partial charge in [0.1, 0.15) is 17.5 Å². The summed E-state index contributed by atoms with van der Waals surface area (Å²) >= 11 is 0. The van der Waals surface area contributed by atoms with Gasteiger partial charge in [0, 0.05) is 43.0 Å². The average molecular weight is 415 g/mol. The molecular weight excluding hydrogens is 388 g/mol. The standard InChI is InChI=1S/C25H26N4O2/c26-14-21-13-20(5-6-24(21)31-17-18-3-4-18)23-16-28-25-22(23)12-19(15-27-25)2-1-7-29-8-10-30-11-9-29/h1-2,5-6,12-13,15-16,18H,3-4,7-11,17H2,(H,27,28)/b2-1+. The first-order chi connectivity index (χ1) is 15.3. The van der Waals surface area contributed by atoms with Crippen LogP contribution in [0.5, 0.6) is 5.75 Å². The number of H-pyrrole nitrogens is 1. The van der Waals surface area contributed by atoms with Crippen LogP contribution in [0.4, 0.5) is 0 Å². The summed E-state index contributed by atoms with van der Waals surface area (Å²) in [6.45, 7) is 5.18. The van der Waals surface area contributed by atoms with E-state index < -0.39 is 0 Å². The lowest BCUT2D eigenvalue weighted by Crippen LogP contribution is -2.36. The predicted molar refractivity (Wildman–Crippen MR) is 121 cm³/mol. The zero-order valence-corrected chi connectivity index (χ0v) is 17.5. The number of nitrogens with one attached hydrogen (secondary N) is 1. The molecule has 0 atom stereocenters. The molecule has 1 saturated heterocycles. The molecule has 0 bridgehead atoms. The molecule has 6 nitrogen and oxygen atoms in total. The Kier molecular flexibility index (Phi) is 5.70. The lowest BCUT2D eigenvalue weighted by Gasteiger charge is -2.25. The number of hydrogen-bond acceptors (Lipinski definition) is 5. The quantitative estimate of drug-likeness (QED) is 0.626. The number of rotatable bonds is 7. The maximum absolute atomic E-state index is 9.61. The maximum atomic E-state index is 9.61. The van der Waals surface area contributed by atoms with Gasteiger partial charge in [-0.05, 0) is 48.1 Å². The second-order valence-corrected chi connectivity index (χ2v) is 8.26. The molecule has 2 fully saturated rings. The Morgan fingerprint density at radius 2 is 2.13 bits per heavy atom. The molecule has 158 valence electrons. The molecular formula is C25H26N4O2. The van der Waals surface area contributed by atoms with Crippen molar-refractivity contribution in [1.82, 2.24) is 14.9 Å². The van der Waals surface area contributed by atoms with E-state index in [0.29, 0.717) is 23.8 Å². The normalized spacial score (nSPS) is 17.3. The van der Waals surface area contributed by atoms with Gasteiger partial charge >= 0.3 is 0 Å². The number of aromatic nitrogens is 2. The largest absolute Gasteiger partial charge is 0.492 e. The van der Waals surface area contributed by atoms with Crippen molar-refractivity contribution in [2.24, 2.45) is 5.92 Å². The second kappa shape index (κ2) is 8.93. The van der Waals surface area contributed by atoms with E-state index in [1.165, 1.54) is 12.8 Å². The number of fused-ring (bicyclic) bond motifs is 1. The Labute approximate surface area is 182 Å². The molecule has 3 aromatic rings. The number of benzene rings is 1. The Balaban J connectivity index is 1.37. The predicted octanol–water partition coefficient (Wildman–Crippen LogP) is 4.24. The van der Waals surface area contributed by atoms with Crippen LogP contribution >= 0.6 is 0 Å². The van der Waals surface area contributed by atoms with E-state index in [1.807, 2.05) is 30.6 Å². The summed E-state index contributed by atoms with van der Waals surface area (Å²) in [5.41, 5.74) is 4.50. The van der Waals surface area contributed by atoms with Gasteiger partial charge in [0.05, 0.1) is 25.4 Å². The number of hydrogen-bond donors (Lipinski definition) is 1. The number of nitriles is 1. The fraction of sp³-hybridized carbons (Fsp3) is 0.360. The average Bonchev–Trinajstić information content (AvgIpc) is 3.55. The van der Waals surface area contributed by atoms with E-state index in [2.05, 4.69) is 39.2 Å². The molecule has 0 radical (unpaired) electrons. The molecule has 0 spiro atoms. The van der Waals surface area contributed by atoms with Crippen LogP contribution < -0.4 is 4.74 Å². The van der Waals surface area contributed by atoms with Crippen LogP contribution in [0.15, 0.2) is 42.7 Å². The Bertz CT molecular complexity index is 1130. The van der Waals surface area contributed by atoms with Crippen molar-refractivity contribution in [2.45, 2.75) is 12.8 Å². The van der Waals surface area contributed by atoms with E-state index in [1.54, 1.807) is 0 Å². The summed E-state index contributed by atoms with van der Waals surface area (Å²) < 4.78 is 11.3. The van der Waals surface area contributed by atoms with E-state index in [0.717, 1.165) is 60.6 Å². The third kappa shape index (κ3) is 4.63. The van der Waals surface area contributed by atoms with Crippen molar-refractivity contribution in [3.8, 4) is 22.9 Å². The highest BCUT2D eigenvalue weighted by Crippen LogP contribution is 2.33. The summed E-state index contributed by atoms with van der Waals surface area (Å²) in [5, 5.41) is 10.7. The number of aromatic amines is 1. The van der Waals surface area contributed by atoms with Gasteiger partial charge in [-0.2, -0.15) is 5.26 Å². The van der Waals surface area contributed by atoms with Gasteiger partial charge in [0.15, 0.2) is 0 Å². The van der Waals surface area contributed by atoms with E-state index >= 15 is 0 Å². The Hall–Kier alpha value is -3.14. The molecule has 2 aliphatic rings. The number of pyridine rings is 1. The van der Waals surface area contributed by atoms with Gasteiger partial charge in [-0.15, -0.1) is 0 Å². The highest BCUT2D eigenvalue weighted by molar-refractivity contribution is 5.95. The first-order valence-corrected chi connectivity index (χ1v) is 10.9. The van der Waals surface area contributed by atoms with Gasteiger partial charge in [0.2, 0.25) is 0 Å². The third-order valence-electron chi connectivity index (χ3n) is 5.91. The minimum atomic E-state index is 0.571. The van der Waals surface area contributed by atoms with Crippen LogP contribution in [-0.2, 0) is 4.74 Å². The van der Waals surface area contributed by atoms with Crippen LogP contribution in [0.2, 0.25) is 0 Å². The molecule has 6 heteroatoms. The highest BCUT2D eigenvalue weighted by Gasteiger charge is 2.22. The Morgan fingerprint density at radius 1 is 1.26 bits per heavy atom. The maximum Gasteiger partial charge on any atom is 0.137 e. The van der Waals surface area contributed by atoms with Gasteiger partial charge in [-0.25, -0.2) is 4.98 Å². The summed E-state index contributed by atoms with van der Waals surface area (Å²) in [5.74, 6) is 1.32. The highest BCUT2D eigenvalue weighted by atomic mass is 16.5. The number of morpholine rings is 1. The smallest absolute Gasteiger partial charge is 0.137 e. The summed E-state index contributed by atoms with van der Waals surface area (Å²) in [7, 11) is 0. The molecule has 1 aromatic carbocycles. The van der Waals surface area contributed by atoms with E-state index in [-0.39, 0.29) is 0 Å². The van der Waals surface area contributed by atoms with Crippen molar-refractivity contribution < 1.29 is 9.47 Å². The van der Waals surface area contributed by atoms with Crippen LogP contribution in [0, 0.1) is 17.2 Å². The van der Waals surface area contributed by atoms with E-state index in [4.69, 9.17) is 9.47 Å². The zero-order chi connectivity index (χ0) is 21.0. The first-order valence-electron chi connectivity index (χ1n) is 10.9. The lowest BCUT2D eigenvalue weighted by atomic mass is 10.0. The fourth-order valence-electron chi connectivity index (χ4n) is 3.87. The van der Waals surface area contributed by atoms with Crippen molar-refractivity contribution in [3.63, 3.8) is 0 Å². The van der Waals surface area contributed by atoms with Crippen molar-refractivity contribution in [3.05, 3.63) is 53.9 Å². The molecule has 1 aliphatic heterocycles. The SMILES string of the molecule is N#Cc1cc(-c2c[nH]c3ncc(/C=C/CN4CCOCC4)cc23)ccc1OCC1CC1. The molecule has 5 rings (SSSR count). The lowest BCUT2D eigenvalue weighted by molar-refractivity contribution is 0.0435. The minimum absolute atomic E-state index is 0.571. The molecule has 31 heavy (non-hydrogen) atoms. The molecule has 0 amide bonds. The summed E-state index contributed by atoms with van der Waals surface area (Å²) in [6, 6.07) is 10.3. The topological polar surface area (TPSA) is 74.2 Å². The monoisotopic (exact) mass is 414 g/mol. The fourth-order valence-corrected chi connectivity index (χ4v) is 3.87. The van der Waals surface area contributed by atoms with Crippen molar-refractivity contribution in [2.75, 3.05) is 39.5 Å². The van der Waals surface area contributed by atoms with Crippen molar-refractivity contribution in [1.29, 1.82) is 5.26 Å². The molecule has 0 unspecified atom stereocenters. The van der Waals surface area contributed by atoms with Gasteiger partial charge < -0.3 is 14.5 Å². The Morgan fingerprint density at radius 3 is 2.94 bits per heavy atom. The number of ether oxygens (including phenoxy) is 2. The van der Waals surface area contributed by atoms with Crippen LogP contribution in [0.25, 0.3) is 28.2 Å². The third-order valence-corrected chi connectivity index (χ3v) is 5.91. The van der Waals surface area contributed by atoms with Crippen LogP contribution in [-0.4, -0.2) is 54.3 Å².